The lowest BCUT2D eigenvalue weighted by Gasteiger charge is -2.35. The fourth-order valence-corrected chi connectivity index (χ4v) is 4.21. The number of likely N-dealkylation sites (tertiary alicyclic amines) is 1. The summed E-state index contributed by atoms with van der Waals surface area (Å²) in [7, 11) is 0. The van der Waals surface area contributed by atoms with Crippen molar-refractivity contribution in [2.24, 2.45) is 11.1 Å². The molecule has 1 heterocycles. The molecule has 0 aromatic heterocycles. The molecule has 0 radical (unpaired) electrons. The number of nitrogens with two attached hydrogens (primary N) is 1. The standard InChI is InChI=1S/C19H37N3O/c20-17-19(10-4-1-5-11-19)16-18(23)21-12-6-2-7-13-22-14-8-3-9-15-22/h1-17,20H2,(H,21,23). The second-order valence-electron chi connectivity index (χ2n) is 7.75. The quantitative estimate of drug-likeness (QED) is 0.641. The van der Waals surface area contributed by atoms with E-state index >= 15 is 0 Å². The maximum atomic E-state index is 12.2. The molecule has 23 heavy (non-hydrogen) atoms. The van der Waals surface area contributed by atoms with Crippen LogP contribution in [-0.4, -0.2) is 43.5 Å². The number of hydrogen-bond donors (Lipinski definition) is 2. The van der Waals surface area contributed by atoms with Gasteiger partial charge in [0.15, 0.2) is 0 Å². The molecular weight excluding hydrogens is 286 g/mol. The Hall–Kier alpha value is -0.610. The molecule has 1 amide bonds. The maximum Gasteiger partial charge on any atom is 0.220 e. The number of carbonyl (C=O) groups excluding carboxylic acids is 1. The molecule has 134 valence electrons. The van der Waals surface area contributed by atoms with Crippen molar-refractivity contribution in [2.75, 3.05) is 32.7 Å². The van der Waals surface area contributed by atoms with E-state index in [1.165, 1.54) is 71.0 Å². The Balaban J connectivity index is 1.50. The van der Waals surface area contributed by atoms with E-state index in [4.69, 9.17) is 5.73 Å². The Morgan fingerprint density at radius 3 is 2.35 bits per heavy atom. The molecule has 0 bridgehead atoms. The average molecular weight is 324 g/mol. The first kappa shape index (κ1) is 18.7. The van der Waals surface area contributed by atoms with Crippen LogP contribution in [0.4, 0.5) is 0 Å². The zero-order valence-corrected chi connectivity index (χ0v) is 15.0. The average Bonchev–Trinajstić information content (AvgIpc) is 2.59. The number of nitrogens with zero attached hydrogens (tertiary/aromatic N) is 1. The minimum Gasteiger partial charge on any atom is -0.356 e. The van der Waals surface area contributed by atoms with E-state index in [0.29, 0.717) is 13.0 Å². The summed E-state index contributed by atoms with van der Waals surface area (Å²) in [5.74, 6) is 0.216. The lowest BCUT2D eigenvalue weighted by Crippen LogP contribution is -2.38. The summed E-state index contributed by atoms with van der Waals surface area (Å²) in [4.78, 5) is 14.8. The fraction of sp³-hybridized carbons (Fsp3) is 0.947. The molecule has 0 atom stereocenters. The molecule has 2 rings (SSSR count). The van der Waals surface area contributed by atoms with Gasteiger partial charge in [0, 0.05) is 13.0 Å². The summed E-state index contributed by atoms with van der Waals surface area (Å²) in [5.41, 5.74) is 6.06. The Morgan fingerprint density at radius 2 is 1.65 bits per heavy atom. The van der Waals surface area contributed by atoms with Gasteiger partial charge in [0.2, 0.25) is 5.91 Å². The third kappa shape index (κ3) is 6.80. The van der Waals surface area contributed by atoms with E-state index in [0.717, 1.165) is 25.8 Å². The predicted octanol–water partition coefficient (Wildman–Crippen LogP) is 3.06. The molecule has 0 aromatic carbocycles. The van der Waals surface area contributed by atoms with Gasteiger partial charge in [-0.05, 0) is 70.1 Å². The van der Waals surface area contributed by atoms with Crippen LogP contribution in [-0.2, 0) is 4.79 Å². The van der Waals surface area contributed by atoms with Gasteiger partial charge >= 0.3 is 0 Å². The van der Waals surface area contributed by atoms with Crippen molar-refractivity contribution in [3.8, 4) is 0 Å². The summed E-state index contributed by atoms with van der Waals surface area (Å²) in [5, 5.41) is 3.12. The van der Waals surface area contributed by atoms with Gasteiger partial charge in [-0.1, -0.05) is 32.1 Å². The Bertz CT molecular complexity index is 334. The Morgan fingerprint density at radius 1 is 0.957 bits per heavy atom. The van der Waals surface area contributed by atoms with Crippen molar-refractivity contribution in [2.45, 2.75) is 77.0 Å². The van der Waals surface area contributed by atoms with E-state index < -0.39 is 0 Å². The molecule has 0 unspecified atom stereocenters. The number of rotatable bonds is 9. The highest BCUT2D eigenvalue weighted by Gasteiger charge is 2.32. The summed E-state index contributed by atoms with van der Waals surface area (Å²) in [6.45, 7) is 5.32. The van der Waals surface area contributed by atoms with Crippen LogP contribution in [0.15, 0.2) is 0 Å². The zero-order chi connectivity index (χ0) is 16.4. The highest BCUT2D eigenvalue weighted by Crippen LogP contribution is 2.38. The third-order valence-electron chi connectivity index (χ3n) is 5.80. The van der Waals surface area contributed by atoms with Crippen molar-refractivity contribution in [3.63, 3.8) is 0 Å². The second-order valence-corrected chi connectivity index (χ2v) is 7.75. The topological polar surface area (TPSA) is 58.4 Å². The number of hydrogen-bond acceptors (Lipinski definition) is 3. The summed E-state index contributed by atoms with van der Waals surface area (Å²) >= 11 is 0. The lowest BCUT2D eigenvalue weighted by molar-refractivity contribution is -0.123. The van der Waals surface area contributed by atoms with E-state index in [9.17, 15) is 4.79 Å². The third-order valence-corrected chi connectivity index (χ3v) is 5.80. The summed E-state index contributed by atoms with van der Waals surface area (Å²) in [6, 6.07) is 0. The molecule has 1 aliphatic heterocycles. The normalized spacial score (nSPS) is 22.0. The van der Waals surface area contributed by atoms with Gasteiger partial charge in [0.25, 0.3) is 0 Å². The van der Waals surface area contributed by atoms with Crippen molar-refractivity contribution in [3.05, 3.63) is 0 Å². The second kappa shape index (κ2) is 10.3. The highest BCUT2D eigenvalue weighted by molar-refractivity contribution is 5.76. The fourth-order valence-electron chi connectivity index (χ4n) is 4.21. The van der Waals surface area contributed by atoms with Crippen molar-refractivity contribution < 1.29 is 4.79 Å². The molecular formula is C19H37N3O. The van der Waals surface area contributed by atoms with Crippen molar-refractivity contribution in [1.82, 2.24) is 10.2 Å². The van der Waals surface area contributed by atoms with E-state index in [1.807, 2.05) is 0 Å². The van der Waals surface area contributed by atoms with Crippen LogP contribution in [0.25, 0.3) is 0 Å². The van der Waals surface area contributed by atoms with Crippen LogP contribution in [0.5, 0.6) is 0 Å². The lowest BCUT2D eigenvalue weighted by atomic mass is 9.71. The molecule has 0 spiro atoms. The molecule has 1 saturated heterocycles. The smallest absolute Gasteiger partial charge is 0.220 e. The van der Waals surface area contributed by atoms with Crippen LogP contribution in [0, 0.1) is 5.41 Å². The molecule has 1 aliphatic carbocycles. The van der Waals surface area contributed by atoms with Gasteiger partial charge < -0.3 is 16.0 Å². The zero-order valence-electron chi connectivity index (χ0n) is 15.0. The van der Waals surface area contributed by atoms with Gasteiger partial charge in [-0.3, -0.25) is 4.79 Å². The summed E-state index contributed by atoms with van der Waals surface area (Å²) < 4.78 is 0. The number of piperidine rings is 1. The molecule has 4 heteroatoms. The molecule has 1 saturated carbocycles. The summed E-state index contributed by atoms with van der Waals surface area (Å²) in [6.07, 6.45) is 14.4. The number of unbranched alkanes of at least 4 members (excludes halogenated alkanes) is 2. The number of carbonyl (C=O) groups is 1. The van der Waals surface area contributed by atoms with Crippen molar-refractivity contribution >= 4 is 5.91 Å². The van der Waals surface area contributed by atoms with E-state index in [2.05, 4.69) is 10.2 Å². The Labute approximate surface area is 142 Å². The van der Waals surface area contributed by atoms with Crippen LogP contribution in [0.1, 0.15) is 77.0 Å². The molecule has 2 fully saturated rings. The number of nitrogens with one attached hydrogen (secondary N) is 1. The van der Waals surface area contributed by atoms with Crippen LogP contribution < -0.4 is 11.1 Å². The predicted molar refractivity (Wildman–Crippen MR) is 96.3 cm³/mol. The maximum absolute atomic E-state index is 12.2. The first-order chi connectivity index (χ1) is 11.2. The minimum absolute atomic E-state index is 0.0938. The van der Waals surface area contributed by atoms with E-state index in [-0.39, 0.29) is 11.3 Å². The molecule has 0 aromatic rings. The van der Waals surface area contributed by atoms with E-state index in [1.54, 1.807) is 0 Å². The SMILES string of the molecule is NCC1(CC(=O)NCCCCCN2CCCCC2)CCCCC1. The number of amides is 1. The monoisotopic (exact) mass is 323 g/mol. The first-order valence-corrected chi connectivity index (χ1v) is 9.93. The largest absolute Gasteiger partial charge is 0.356 e. The van der Waals surface area contributed by atoms with Gasteiger partial charge in [-0.25, -0.2) is 0 Å². The minimum atomic E-state index is 0.0938. The van der Waals surface area contributed by atoms with Crippen LogP contribution >= 0.6 is 0 Å². The molecule has 3 N–H and O–H groups in total. The van der Waals surface area contributed by atoms with Gasteiger partial charge in [-0.2, -0.15) is 0 Å². The van der Waals surface area contributed by atoms with Gasteiger partial charge in [0.1, 0.15) is 0 Å². The van der Waals surface area contributed by atoms with Crippen LogP contribution in [0.2, 0.25) is 0 Å². The van der Waals surface area contributed by atoms with Crippen molar-refractivity contribution in [1.29, 1.82) is 0 Å². The van der Waals surface area contributed by atoms with Crippen LogP contribution in [0.3, 0.4) is 0 Å². The van der Waals surface area contributed by atoms with Gasteiger partial charge in [0.05, 0.1) is 0 Å². The highest BCUT2D eigenvalue weighted by atomic mass is 16.1. The Kier molecular flexibility index (Phi) is 8.38. The molecule has 4 nitrogen and oxygen atoms in total. The van der Waals surface area contributed by atoms with Gasteiger partial charge in [-0.15, -0.1) is 0 Å². The first-order valence-electron chi connectivity index (χ1n) is 9.93. The molecule has 2 aliphatic rings.